The molecule has 0 aliphatic rings. The summed E-state index contributed by atoms with van der Waals surface area (Å²) in [4.78, 5) is 27.6. The van der Waals surface area contributed by atoms with E-state index in [1.807, 2.05) is 0 Å². The number of methoxy groups -OCH3 is 1. The van der Waals surface area contributed by atoms with Crippen molar-refractivity contribution < 1.29 is 32.9 Å². The van der Waals surface area contributed by atoms with E-state index in [1.165, 1.54) is 19.2 Å². The van der Waals surface area contributed by atoms with E-state index < -0.39 is 24.3 Å². The van der Waals surface area contributed by atoms with Crippen molar-refractivity contribution in [3.05, 3.63) is 60.4 Å². The smallest absolute Gasteiger partial charge is 0.406 e. The summed E-state index contributed by atoms with van der Waals surface area (Å²) in [5.74, 6) is 0.438. The third-order valence-electron chi connectivity index (χ3n) is 4.35. The summed E-state index contributed by atoms with van der Waals surface area (Å²) < 4.78 is 34.3. The Hall–Kier alpha value is -3.88. The van der Waals surface area contributed by atoms with Crippen LogP contribution in [0.25, 0.3) is 10.9 Å². The second kappa shape index (κ2) is 10.4. The largest absolute Gasteiger partial charge is 0.479 e. The zero-order chi connectivity index (χ0) is 23.1. The standard InChI is InChI=1S/C23H23FN2O6/c1-14(13-25-23(28)29-3)30-22(27)15(2)31-18-6-8-19(9-7-18)32-21-11-4-16-12-17(24)5-10-20(16)26-21/h4-12,14-15H,13H2,1-3H3,(H,25,28). The lowest BCUT2D eigenvalue weighted by Gasteiger charge is -2.18. The molecule has 32 heavy (non-hydrogen) atoms. The summed E-state index contributed by atoms with van der Waals surface area (Å²) in [7, 11) is 1.25. The van der Waals surface area contributed by atoms with Gasteiger partial charge < -0.3 is 24.3 Å². The Morgan fingerprint density at radius 1 is 1.03 bits per heavy atom. The average molecular weight is 442 g/mol. The van der Waals surface area contributed by atoms with Crippen LogP contribution >= 0.6 is 0 Å². The Labute approximate surface area is 184 Å². The molecule has 0 aliphatic heterocycles. The normalized spacial score (nSPS) is 12.5. The van der Waals surface area contributed by atoms with Gasteiger partial charge in [0.05, 0.1) is 19.2 Å². The van der Waals surface area contributed by atoms with Crippen molar-refractivity contribution in [2.45, 2.75) is 26.1 Å². The molecule has 9 heteroatoms. The van der Waals surface area contributed by atoms with Gasteiger partial charge in [-0.25, -0.2) is 19.0 Å². The number of pyridine rings is 1. The third-order valence-corrected chi connectivity index (χ3v) is 4.35. The second-order valence-electron chi connectivity index (χ2n) is 6.94. The van der Waals surface area contributed by atoms with Crippen LogP contribution < -0.4 is 14.8 Å². The lowest BCUT2D eigenvalue weighted by Crippen LogP contribution is -2.36. The molecule has 2 aromatic carbocycles. The average Bonchev–Trinajstić information content (AvgIpc) is 2.78. The number of hydrogen-bond acceptors (Lipinski definition) is 7. The van der Waals surface area contributed by atoms with E-state index in [0.717, 1.165) is 0 Å². The number of esters is 1. The predicted molar refractivity (Wildman–Crippen MR) is 114 cm³/mol. The molecule has 168 valence electrons. The minimum absolute atomic E-state index is 0.120. The lowest BCUT2D eigenvalue weighted by atomic mass is 10.2. The summed E-state index contributed by atoms with van der Waals surface area (Å²) in [6.07, 6.45) is -2.01. The summed E-state index contributed by atoms with van der Waals surface area (Å²) >= 11 is 0. The van der Waals surface area contributed by atoms with E-state index >= 15 is 0 Å². The monoisotopic (exact) mass is 442 g/mol. The summed E-state index contributed by atoms with van der Waals surface area (Å²) in [5.41, 5.74) is 0.618. The van der Waals surface area contributed by atoms with Gasteiger partial charge in [-0.1, -0.05) is 0 Å². The van der Waals surface area contributed by atoms with Crippen LogP contribution in [0.15, 0.2) is 54.6 Å². The molecule has 0 saturated heterocycles. The highest BCUT2D eigenvalue weighted by Gasteiger charge is 2.19. The van der Waals surface area contributed by atoms with E-state index in [4.69, 9.17) is 14.2 Å². The third kappa shape index (κ3) is 6.31. The van der Waals surface area contributed by atoms with Crippen molar-refractivity contribution in [3.63, 3.8) is 0 Å². The molecule has 0 saturated carbocycles. The molecule has 8 nitrogen and oxygen atoms in total. The Morgan fingerprint density at radius 2 is 1.75 bits per heavy atom. The lowest BCUT2D eigenvalue weighted by molar-refractivity contribution is -0.155. The van der Waals surface area contributed by atoms with Crippen LogP contribution in [-0.4, -0.2) is 42.9 Å². The first-order valence-electron chi connectivity index (χ1n) is 9.87. The highest BCUT2D eigenvalue weighted by Crippen LogP contribution is 2.25. The molecule has 0 fully saturated rings. The molecule has 2 atom stereocenters. The minimum atomic E-state index is -0.857. The number of halogens is 1. The van der Waals surface area contributed by atoms with Crippen molar-refractivity contribution in [2.75, 3.05) is 13.7 Å². The first kappa shape index (κ1) is 22.8. The number of nitrogens with zero attached hydrogens (tertiary/aromatic N) is 1. The van der Waals surface area contributed by atoms with Crippen LogP contribution in [0.4, 0.5) is 9.18 Å². The Kier molecular flexibility index (Phi) is 7.43. The highest BCUT2D eigenvalue weighted by atomic mass is 19.1. The topological polar surface area (TPSA) is 96.0 Å². The number of aromatic nitrogens is 1. The van der Waals surface area contributed by atoms with Gasteiger partial charge in [0.1, 0.15) is 23.4 Å². The number of carbonyl (C=O) groups is 2. The Bertz CT molecular complexity index is 1090. The van der Waals surface area contributed by atoms with E-state index in [-0.39, 0.29) is 12.4 Å². The fraction of sp³-hybridized carbons (Fsp3) is 0.261. The van der Waals surface area contributed by atoms with Crippen molar-refractivity contribution >= 4 is 23.0 Å². The molecule has 1 amide bonds. The van der Waals surface area contributed by atoms with Gasteiger partial charge in [-0.2, -0.15) is 0 Å². The van der Waals surface area contributed by atoms with Gasteiger partial charge in [-0.15, -0.1) is 0 Å². The summed E-state index contributed by atoms with van der Waals surface area (Å²) in [6.45, 7) is 3.33. The van der Waals surface area contributed by atoms with Crippen LogP contribution in [0.3, 0.4) is 0 Å². The molecule has 0 bridgehead atoms. The number of benzene rings is 2. The molecule has 3 aromatic rings. The summed E-state index contributed by atoms with van der Waals surface area (Å²) in [5, 5.41) is 3.13. The van der Waals surface area contributed by atoms with Gasteiger partial charge in [0.2, 0.25) is 5.88 Å². The fourth-order valence-electron chi connectivity index (χ4n) is 2.73. The van der Waals surface area contributed by atoms with Crippen molar-refractivity contribution in [1.82, 2.24) is 10.3 Å². The molecule has 0 radical (unpaired) electrons. The van der Waals surface area contributed by atoms with Crippen molar-refractivity contribution in [2.24, 2.45) is 0 Å². The molecule has 0 spiro atoms. The van der Waals surface area contributed by atoms with Crippen LogP contribution in [-0.2, 0) is 14.3 Å². The van der Waals surface area contributed by atoms with E-state index in [0.29, 0.717) is 28.3 Å². The van der Waals surface area contributed by atoms with Gasteiger partial charge in [-0.05, 0) is 62.4 Å². The predicted octanol–water partition coefficient (Wildman–Crippen LogP) is 4.22. The van der Waals surface area contributed by atoms with Gasteiger partial charge in [-0.3, -0.25) is 0 Å². The molecular weight excluding hydrogens is 419 g/mol. The zero-order valence-electron chi connectivity index (χ0n) is 17.8. The quantitative estimate of drug-likeness (QED) is 0.522. The van der Waals surface area contributed by atoms with Gasteiger partial charge >= 0.3 is 12.1 Å². The second-order valence-corrected chi connectivity index (χ2v) is 6.94. The molecule has 0 aliphatic carbocycles. The molecule has 3 rings (SSSR count). The van der Waals surface area contributed by atoms with Crippen LogP contribution in [0.5, 0.6) is 17.4 Å². The first-order chi connectivity index (χ1) is 15.3. The maximum Gasteiger partial charge on any atom is 0.406 e. The number of ether oxygens (including phenoxy) is 4. The van der Waals surface area contributed by atoms with E-state index in [2.05, 4.69) is 15.0 Å². The zero-order valence-corrected chi connectivity index (χ0v) is 17.8. The van der Waals surface area contributed by atoms with Gasteiger partial charge in [0.25, 0.3) is 0 Å². The van der Waals surface area contributed by atoms with Crippen LogP contribution in [0.1, 0.15) is 13.8 Å². The molecular formula is C23H23FN2O6. The SMILES string of the molecule is COC(=O)NCC(C)OC(=O)C(C)Oc1ccc(Oc2ccc3cc(F)ccc3n2)cc1. The number of hydrogen-bond donors (Lipinski definition) is 1. The molecule has 1 aromatic heterocycles. The minimum Gasteiger partial charge on any atom is -0.479 e. The van der Waals surface area contributed by atoms with Crippen LogP contribution in [0, 0.1) is 5.82 Å². The first-order valence-corrected chi connectivity index (χ1v) is 9.87. The Morgan fingerprint density at radius 3 is 2.47 bits per heavy atom. The molecule has 1 heterocycles. The highest BCUT2D eigenvalue weighted by molar-refractivity contribution is 5.79. The number of nitrogens with one attached hydrogen (secondary N) is 1. The number of carbonyl (C=O) groups excluding carboxylic acids is 2. The number of fused-ring (bicyclic) bond motifs is 1. The maximum absolute atomic E-state index is 13.3. The maximum atomic E-state index is 13.3. The van der Waals surface area contributed by atoms with Crippen molar-refractivity contribution in [3.8, 4) is 17.4 Å². The van der Waals surface area contributed by atoms with Gasteiger partial charge in [0, 0.05) is 11.5 Å². The van der Waals surface area contributed by atoms with Crippen molar-refractivity contribution in [1.29, 1.82) is 0 Å². The van der Waals surface area contributed by atoms with E-state index in [9.17, 15) is 14.0 Å². The Balaban J connectivity index is 1.53. The number of alkyl carbamates (subject to hydrolysis) is 1. The van der Waals surface area contributed by atoms with E-state index in [1.54, 1.807) is 56.3 Å². The molecule has 1 N–H and O–H groups in total. The number of amides is 1. The van der Waals surface area contributed by atoms with Gasteiger partial charge in [0.15, 0.2) is 6.10 Å². The number of rotatable bonds is 8. The van der Waals surface area contributed by atoms with Crippen LogP contribution in [0.2, 0.25) is 0 Å². The summed E-state index contributed by atoms with van der Waals surface area (Å²) in [6, 6.07) is 14.4. The molecule has 2 unspecified atom stereocenters. The fourth-order valence-corrected chi connectivity index (χ4v) is 2.73.